The third-order valence-electron chi connectivity index (χ3n) is 9.95. The van der Waals surface area contributed by atoms with E-state index in [0.29, 0.717) is 5.92 Å². The van der Waals surface area contributed by atoms with Crippen LogP contribution in [0.25, 0.3) is 0 Å². The van der Waals surface area contributed by atoms with E-state index in [1.165, 1.54) is 0 Å². The fourth-order valence-corrected chi connectivity index (χ4v) is 9.29. The molecule has 0 radical (unpaired) electrons. The minimum absolute atomic E-state index is 0.0316. The van der Waals surface area contributed by atoms with Gasteiger partial charge in [0.15, 0.2) is 11.3 Å². The molecule has 0 unspecified atom stereocenters. The van der Waals surface area contributed by atoms with E-state index in [0.717, 1.165) is 49.8 Å². The van der Waals surface area contributed by atoms with E-state index < -0.39 is 16.9 Å². The molecule has 29 heavy (non-hydrogen) atoms. The summed E-state index contributed by atoms with van der Waals surface area (Å²) in [4.78, 5) is 27.4. The molecule has 4 spiro atoms. The van der Waals surface area contributed by atoms with Gasteiger partial charge in [-0.2, -0.15) is 0 Å². The van der Waals surface area contributed by atoms with Gasteiger partial charge in [-0.05, 0) is 30.8 Å². The minimum Gasteiger partial charge on any atom is -0.451 e. The van der Waals surface area contributed by atoms with Crippen LogP contribution in [0, 0.1) is 17.3 Å². The summed E-state index contributed by atoms with van der Waals surface area (Å²) in [7, 11) is 0. The van der Waals surface area contributed by atoms with Gasteiger partial charge in [-0.25, -0.2) is 9.59 Å². The van der Waals surface area contributed by atoms with Crippen LogP contribution in [-0.4, -0.2) is 52.5 Å². The number of carbonyl (C=O) groups excluding carboxylic acids is 2. The van der Waals surface area contributed by atoms with Crippen LogP contribution < -0.4 is 0 Å². The average Bonchev–Trinajstić information content (AvgIpc) is 3.34. The van der Waals surface area contributed by atoms with Crippen LogP contribution in [0.5, 0.6) is 0 Å². The van der Waals surface area contributed by atoms with Crippen molar-refractivity contribution in [3.63, 3.8) is 0 Å². The Kier molecular flexibility index (Phi) is 2.33. The van der Waals surface area contributed by atoms with Gasteiger partial charge in [-0.1, -0.05) is 19.1 Å². The fourth-order valence-electron chi connectivity index (χ4n) is 9.29. The van der Waals surface area contributed by atoms with E-state index in [-0.39, 0.29) is 35.4 Å². The molecule has 6 bridgehead atoms. The molecule has 0 amide bonds. The highest BCUT2D eigenvalue weighted by Crippen LogP contribution is 2.79. The Morgan fingerprint density at radius 1 is 1.14 bits per heavy atom. The van der Waals surface area contributed by atoms with Crippen molar-refractivity contribution in [3.8, 4) is 0 Å². The molecule has 4 aliphatic carbocycles. The van der Waals surface area contributed by atoms with Crippen LogP contribution in [0.2, 0.25) is 0 Å². The Balaban J connectivity index is 1.43. The van der Waals surface area contributed by atoms with E-state index in [1.54, 1.807) is 12.2 Å². The zero-order chi connectivity index (χ0) is 19.4. The van der Waals surface area contributed by atoms with Crippen molar-refractivity contribution >= 4 is 11.9 Å². The monoisotopic (exact) mass is 393 g/mol. The normalized spacial score (nSPS) is 57.6. The maximum absolute atomic E-state index is 12.5. The van der Waals surface area contributed by atoms with Gasteiger partial charge in [0.05, 0.1) is 6.10 Å². The quantitative estimate of drug-likeness (QED) is 0.587. The van der Waals surface area contributed by atoms with Crippen molar-refractivity contribution in [1.82, 2.24) is 4.90 Å². The molecule has 9 rings (SSSR count). The molecule has 5 heterocycles. The van der Waals surface area contributed by atoms with Crippen molar-refractivity contribution in [2.75, 3.05) is 6.54 Å². The first-order valence-corrected chi connectivity index (χ1v) is 11.0. The van der Waals surface area contributed by atoms with E-state index in [1.807, 2.05) is 0 Å². The van der Waals surface area contributed by atoms with Crippen molar-refractivity contribution in [3.05, 3.63) is 35.5 Å². The number of carbonyl (C=O) groups is 2. The number of ether oxygens (including phenoxy) is 3. The molecule has 5 aliphatic heterocycles. The summed E-state index contributed by atoms with van der Waals surface area (Å²) < 4.78 is 19.5. The highest BCUT2D eigenvalue weighted by Gasteiger charge is 2.88. The SMILES string of the molecule is C[C@@H]1[C@@]23CCCN4[C@H]5C=CC6=CC(=O)O[C@@]6(C5)[C@]42O[C@H]2C[C@]14OC(=O)C=C4C[C@H]23. The maximum Gasteiger partial charge on any atom is 0.332 e. The number of nitrogens with zero attached hydrogens (tertiary/aromatic N) is 1. The standard InChI is InChI=1S/C23H23NO5/c1-12-20-5-2-6-24-15-4-3-13-8-19(26)29-22(13,10-15)23(20,24)27-17-11-21(12)14(7-16(17)20)9-18(25)28-21/h3-4,8-9,12,15-17H,2,5-7,10-11H2,1H3/t12-,15+,16-,17+,20-,21+,22-,23+/m1/s1. The largest absolute Gasteiger partial charge is 0.451 e. The second-order valence-corrected chi connectivity index (χ2v) is 10.3. The van der Waals surface area contributed by atoms with Gasteiger partial charge in [0, 0.05) is 54.5 Å². The minimum atomic E-state index is -0.736. The van der Waals surface area contributed by atoms with Crippen LogP contribution in [0.4, 0.5) is 0 Å². The number of rotatable bonds is 0. The Labute approximate surface area is 168 Å². The first kappa shape index (κ1) is 15.9. The van der Waals surface area contributed by atoms with Crippen molar-refractivity contribution < 1.29 is 23.8 Å². The van der Waals surface area contributed by atoms with Gasteiger partial charge in [-0.15, -0.1) is 0 Å². The fraction of sp³-hybridized carbons (Fsp3) is 0.652. The first-order chi connectivity index (χ1) is 14.0. The molecule has 9 aliphatic rings. The van der Waals surface area contributed by atoms with Crippen LogP contribution in [0.3, 0.4) is 0 Å². The number of hydrogen-bond donors (Lipinski definition) is 0. The summed E-state index contributed by atoms with van der Waals surface area (Å²) >= 11 is 0. The van der Waals surface area contributed by atoms with Crippen LogP contribution in [-0.2, 0) is 23.8 Å². The summed E-state index contributed by atoms with van der Waals surface area (Å²) in [6.45, 7) is 3.21. The lowest BCUT2D eigenvalue weighted by molar-refractivity contribution is -0.274. The van der Waals surface area contributed by atoms with Crippen molar-refractivity contribution in [2.45, 2.75) is 68.1 Å². The number of fused-ring (bicyclic) bond motifs is 2. The molecule has 3 saturated heterocycles. The number of piperidine rings is 1. The van der Waals surface area contributed by atoms with E-state index in [4.69, 9.17) is 14.2 Å². The highest BCUT2D eigenvalue weighted by atomic mass is 16.6. The molecular weight excluding hydrogens is 370 g/mol. The lowest BCUT2D eigenvalue weighted by Crippen LogP contribution is -2.75. The van der Waals surface area contributed by atoms with Gasteiger partial charge in [0.1, 0.15) is 5.60 Å². The molecule has 0 aromatic carbocycles. The molecule has 6 fully saturated rings. The van der Waals surface area contributed by atoms with E-state index >= 15 is 0 Å². The highest BCUT2D eigenvalue weighted by molar-refractivity contribution is 5.89. The molecule has 150 valence electrons. The Morgan fingerprint density at radius 3 is 2.90 bits per heavy atom. The third-order valence-corrected chi connectivity index (χ3v) is 9.95. The van der Waals surface area contributed by atoms with Crippen LogP contribution >= 0.6 is 0 Å². The Bertz CT molecular complexity index is 1030. The molecule has 6 heteroatoms. The summed E-state index contributed by atoms with van der Waals surface area (Å²) in [5.41, 5.74) is -0.00843. The smallest absolute Gasteiger partial charge is 0.332 e. The van der Waals surface area contributed by atoms with Crippen LogP contribution in [0.15, 0.2) is 35.5 Å². The zero-order valence-corrected chi connectivity index (χ0v) is 16.3. The predicted molar refractivity (Wildman–Crippen MR) is 99.2 cm³/mol. The van der Waals surface area contributed by atoms with Crippen molar-refractivity contribution in [1.29, 1.82) is 0 Å². The second kappa shape index (κ2) is 4.26. The van der Waals surface area contributed by atoms with Gasteiger partial charge in [0.2, 0.25) is 0 Å². The third kappa shape index (κ3) is 1.27. The second-order valence-electron chi connectivity index (χ2n) is 10.3. The van der Waals surface area contributed by atoms with E-state index in [2.05, 4.69) is 24.0 Å². The topological polar surface area (TPSA) is 65.1 Å². The molecular formula is C23H23NO5. The molecule has 0 N–H and O–H groups in total. The molecule has 6 nitrogen and oxygen atoms in total. The Hall–Kier alpha value is -1.92. The first-order valence-electron chi connectivity index (χ1n) is 11.0. The van der Waals surface area contributed by atoms with Crippen molar-refractivity contribution in [2.24, 2.45) is 17.3 Å². The lowest BCUT2D eigenvalue weighted by atomic mass is 9.42. The van der Waals surface area contributed by atoms with Gasteiger partial charge in [-0.3, -0.25) is 4.90 Å². The van der Waals surface area contributed by atoms with Gasteiger partial charge >= 0.3 is 11.9 Å². The van der Waals surface area contributed by atoms with E-state index in [9.17, 15) is 9.59 Å². The Morgan fingerprint density at radius 2 is 2.00 bits per heavy atom. The lowest BCUT2D eigenvalue weighted by Gasteiger charge is -2.65. The maximum atomic E-state index is 12.5. The van der Waals surface area contributed by atoms with Crippen LogP contribution in [0.1, 0.15) is 39.0 Å². The number of esters is 2. The number of hydrogen-bond acceptors (Lipinski definition) is 6. The summed E-state index contributed by atoms with van der Waals surface area (Å²) in [6, 6.07) is 0.221. The van der Waals surface area contributed by atoms with Gasteiger partial charge in [0.25, 0.3) is 0 Å². The van der Waals surface area contributed by atoms with Gasteiger partial charge < -0.3 is 14.2 Å². The summed E-state index contributed by atoms with van der Waals surface area (Å²) in [5.74, 6) is 0.000388. The molecule has 3 saturated carbocycles. The molecule has 0 aromatic rings. The zero-order valence-electron chi connectivity index (χ0n) is 16.3. The molecule has 0 aromatic heterocycles. The summed E-state index contributed by atoms with van der Waals surface area (Å²) in [5, 5.41) is 0. The summed E-state index contributed by atoms with van der Waals surface area (Å²) in [6.07, 6.45) is 12.2. The molecule has 8 atom stereocenters. The predicted octanol–water partition coefficient (Wildman–Crippen LogP) is 2.01. The average molecular weight is 393 g/mol.